The third-order valence-corrected chi connectivity index (χ3v) is 0.520. The van der Waals surface area contributed by atoms with E-state index in [4.69, 9.17) is 17.2 Å². The largest absolute Gasteiger partial charge is 2.00 e. The quantitative estimate of drug-likeness (QED) is 0.289. The SMILES string of the molecule is O=[As]([O-])([O-])OO.[Cu+2]. The summed E-state index contributed by atoms with van der Waals surface area (Å²) in [5.74, 6) is 0. The van der Waals surface area contributed by atoms with E-state index in [1.165, 1.54) is 0 Å². The predicted molar refractivity (Wildman–Crippen MR) is 10.2 cm³/mol. The van der Waals surface area contributed by atoms with Gasteiger partial charge in [0.25, 0.3) is 0 Å². The average Bonchev–Trinajstić information content (AvgIpc) is 1.35. The predicted octanol–water partition coefficient (Wildman–Crippen LogP) is -2.94. The van der Waals surface area contributed by atoms with Crippen LogP contribution in [0.4, 0.5) is 0 Å². The molecule has 7 heavy (non-hydrogen) atoms. The Balaban J connectivity index is 0. The molecule has 0 fully saturated rings. The van der Waals surface area contributed by atoms with Gasteiger partial charge in [-0.3, -0.25) is 0 Å². The van der Waals surface area contributed by atoms with Gasteiger partial charge in [0.1, 0.15) is 0 Å². The van der Waals surface area contributed by atoms with E-state index >= 15 is 0 Å². The molecule has 0 heterocycles. The molecule has 0 amide bonds. The minimum Gasteiger partial charge on any atom is 2.00 e. The zero-order valence-electron chi connectivity index (χ0n) is 2.83. The Hall–Kier alpha value is 0.718. The van der Waals surface area contributed by atoms with Crippen LogP contribution in [0.2, 0.25) is 0 Å². The molecule has 1 N–H and O–H groups in total. The molecule has 0 spiro atoms. The van der Waals surface area contributed by atoms with Crippen molar-refractivity contribution in [2.45, 2.75) is 0 Å². The Bertz CT molecular complexity index is 72.1. The third-order valence-electron chi connectivity index (χ3n) is 0.100. The van der Waals surface area contributed by atoms with Gasteiger partial charge in [0.2, 0.25) is 0 Å². The molecule has 0 aliphatic heterocycles. The fourth-order valence-corrected chi connectivity index (χ4v) is 0. The van der Waals surface area contributed by atoms with Crippen molar-refractivity contribution >= 4 is 14.5 Å². The maximum Gasteiger partial charge on any atom is 2.00 e. The van der Waals surface area contributed by atoms with Gasteiger partial charge in [-0.1, -0.05) is 0 Å². The van der Waals surface area contributed by atoms with Crippen LogP contribution in [0.25, 0.3) is 0 Å². The second-order valence-electron chi connectivity index (χ2n) is 0.529. The summed E-state index contributed by atoms with van der Waals surface area (Å²) in [4.78, 5) is 0. The molecule has 0 saturated heterocycles. The normalized spacial score (nSPS) is 10.1. The second kappa shape index (κ2) is 3.69. The summed E-state index contributed by atoms with van der Waals surface area (Å²) in [6.45, 7) is 0. The molecular formula is HAsCuO5. The fraction of sp³-hybridized carbons (Fsp3) is 0. The molecule has 0 aromatic heterocycles. The van der Waals surface area contributed by atoms with Gasteiger partial charge in [0.05, 0.1) is 0 Å². The minimum absolute atomic E-state index is 0. The van der Waals surface area contributed by atoms with Crippen LogP contribution >= 0.6 is 0 Å². The Kier molecular flexibility index (Phi) is 5.61. The van der Waals surface area contributed by atoms with Crippen LogP contribution in [-0.4, -0.2) is 19.8 Å². The maximum absolute atomic E-state index is 9.06. The summed E-state index contributed by atoms with van der Waals surface area (Å²) < 4.78 is 29.6. The summed E-state index contributed by atoms with van der Waals surface area (Å²) in [5.41, 5.74) is 0. The average molecular weight is 219 g/mol. The summed E-state index contributed by atoms with van der Waals surface area (Å²) in [6, 6.07) is 0. The van der Waals surface area contributed by atoms with Crippen molar-refractivity contribution in [2.24, 2.45) is 0 Å². The van der Waals surface area contributed by atoms with Gasteiger partial charge in [-0.25, -0.2) is 0 Å². The first-order valence-electron chi connectivity index (χ1n) is 0.913. The van der Waals surface area contributed by atoms with Crippen LogP contribution in [0.1, 0.15) is 0 Å². The molecule has 0 saturated carbocycles. The molecule has 7 heteroatoms. The molecule has 0 rings (SSSR count). The van der Waals surface area contributed by atoms with E-state index in [0.717, 1.165) is 0 Å². The van der Waals surface area contributed by atoms with Crippen molar-refractivity contribution in [3.63, 3.8) is 0 Å². The van der Waals surface area contributed by atoms with Crippen LogP contribution in [0.5, 0.6) is 0 Å². The zero-order chi connectivity index (χ0) is 5.21. The van der Waals surface area contributed by atoms with E-state index in [2.05, 4.69) is 3.88 Å². The maximum atomic E-state index is 9.06. The standard InChI is InChI=1S/AsH3O5.Cu/c2-1(3,4)6-5;/h5H,(H2,2,3,4);/q;+2/p-2. The van der Waals surface area contributed by atoms with E-state index in [-0.39, 0.29) is 17.1 Å². The summed E-state index contributed by atoms with van der Waals surface area (Å²) >= 11 is -5.60. The Morgan fingerprint density at radius 3 is 1.71 bits per heavy atom. The molecule has 0 atom stereocenters. The van der Waals surface area contributed by atoms with Crippen LogP contribution in [-0.2, 0) is 24.7 Å². The van der Waals surface area contributed by atoms with Gasteiger partial charge in [0.15, 0.2) is 0 Å². The van der Waals surface area contributed by atoms with Gasteiger partial charge < -0.3 is 0 Å². The van der Waals surface area contributed by atoms with Crippen molar-refractivity contribution in [2.75, 3.05) is 0 Å². The topological polar surface area (TPSA) is 92.7 Å². The summed E-state index contributed by atoms with van der Waals surface area (Å²) in [6.07, 6.45) is 0. The van der Waals surface area contributed by atoms with Gasteiger partial charge in [-0.2, -0.15) is 0 Å². The molecule has 0 aliphatic rings. The molecule has 0 bridgehead atoms. The fourth-order valence-electron chi connectivity index (χ4n) is 0. The van der Waals surface area contributed by atoms with Crippen molar-refractivity contribution in [1.29, 1.82) is 0 Å². The minimum atomic E-state index is -5.60. The second-order valence-corrected chi connectivity index (χ2v) is 2.75. The van der Waals surface area contributed by atoms with Crippen LogP contribution in [0.3, 0.4) is 0 Å². The Labute approximate surface area is 53.0 Å². The third kappa shape index (κ3) is 10.8. The van der Waals surface area contributed by atoms with Gasteiger partial charge >= 0.3 is 52.6 Å². The summed E-state index contributed by atoms with van der Waals surface area (Å²) in [7, 11) is 0. The number of hydrogen-bond donors (Lipinski definition) is 1. The van der Waals surface area contributed by atoms with Crippen LogP contribution in [0, 0.1) is 0 Å². The van der Waals surface area contributed by atoms with Crippen LogP contribution in [0.15, 0.2) is 0 Å². The van der Waals surface area contributed by atoms with Crippen LogP contribution < -0.4 is 8.19 Å². The molecule has 47 valence electrons. The van der Waals surface area contributed by atoms with Gasteiger partial charge in [-0.15, -0.1) is 0 Å². The van der Waals surface area contributed by atoms with Crippen molar-refractivity contribution in [3.8, 4) is 0 Å². The molecule has 0 aromatic rings. The van der Waals surface area contributed by atoms with Gasteiger partial charge in [0, 0.05) is 0 Å². The zero-order valence-corrected chi connectivity index (χ0v) is 5.65. The van der Waals surface area contributed by atoms with Crippen molar-refractivity contribution in [1.82, 2.24) is 0 Å². The first-order valence-corrected chi connectivity index (χ1v) is 3.98. The van der Waals surface area contributed by atoms with E-state index in [1.54, 1.807) is 0 Å². The molecule has 0 aromatic carbocycles. The molecule has 0 aliphatic carbocycles. The summed E-state index contributed by atoms with van der Waals surface area (Å²) in [5, 5.41) is 7.04. The number of rotatable bonds is 1. The van der Waals surface area contributed by atoms with E-state index in [0.29, 0.717) is 0 Å². The Morgan fingerprint density at radius 2 is 1.71 bits per heavy atom. The van der Waals surface area contributed by atoms with Crippen molar-refractivity contribution < 1.29 is 38.1 Å². The van der Waals surface area contributed by atoms with E-state index in [1.807, 2.05) is 0 Å². The first kappa shape index (κ1) is 10.7. The molecule has 5 nitrogen and oxygen atoms in total. The van der Waals surface area contributed by atoms with Gasteiger partial charge in [-0.05, 0) is 0 Å². The smallest absolute Gasteiger partial charge is 2.00 e. The molecule has 0 unspecified atom stereocenters. The van der Waals surface area contributed by atoms with E-state index in [9.17, 15) is 0 Å². The first-order chi connectivity index (χ1) is 2.56. The molecule has 1 radical (unpaired) electrons. The van der Waals surface area contributed by atoms with E-state index < -0.39 is 14.5 Å². The van der Waals surface area contributed by atoms with Crippen molar-refractivity contribution in [3.05, 3.63) is 0 Å². The Morgan fingerprint density at radius 1 is 1.57 bits per heavy atom. The molecular weight excluding hydrogens is 218 g/mol. The monoisotopic (exact) mass is 219 g/mol. The number of hydrogen-bond acceptors (Lipinski definition) is 5.